The molecule has 5 nitrogen and oxygen atoms in total. The Morgan fingerprint density at radius 2 is 1.88 bits per heavy atom. The first-order valence-electron chi connectivity index (χ1n) is 8.19. The number of carbonyl (C=O) groups excluding carboxylic acids is 1. The van der Waals surface area contributed by atoms with Crippen LogP contribution in [0, 0.1) is 0 Å². The van der Waals surface area contributed by atoms with Gasteiger partial charge in [0.05, 0.1) is 17.3 Å². The summed E-state index contributed by atoms with van der Waals surface area (Å²) in [5.41, 5.74) is 1.27. The number of hydrogen-bond acceptors (Lipinski definition) is 3. The Labute approximate surface area is 147 Å². The van der Waals surface area contributed by atoms with E-state index in [1.807, 2.05) is 0 Å². The second-order valence-corrected chi connectivity index (χ2v) is 6.31. The average molecular weight is 360 g/mol. The van der Waals surface area contributed by atoms with Crippen molar-refractivity contribution in [1.29, 1.82) is 0 Å². The number of halogens is 3. The van der Waals surface area contributed by atoms with E-state index in [9.17, 15) is 18.0 Å². The van der Waals surface area contributed by atoms with Crippen LogP contribution >= 0.6 is 0 Å². The molecule has 1 fully saturated rings. The van der Waals surface area contributed by atoms with Crippen LogP contribution in [0.4, 0.5) is 13.2 Å². The van der Waals surface area contributed by atoms with Gasteiger partial charge in [0.1, 0.15) is 5.52 Å². The first-order valence-corrected chi connectivity index (χ1v) is 8.19. The highest BCUT2D eigenvalue weighted by Crippen LogP contribution is 2.33. The first kappa shape index (κ1) is 16.6. The monoisotopic (exact) mass is 360 g/mol. The van der Waals surface area contributed by atoms with E-state index in [1.54, 1.807) is 23.2 Å². The Bertz CT molecular complexity index is 949. The van der Waals surface area contributed by atoms with Crippen LogP contribution in [0.25, 0.3) is 5.52 Å². The van der Waals surface area contributed by atoms with Crippen LogP contribution in [-0.2, 0) is 6.18 Å². The summed E-state index contributed by atoms with van der Waals surface area (Å²) in [6.07, 6.45) is -0.539. The van der Waals surface area contributed by atoms with Crippen LogP contribution in [0.2, 0.25) is 0 Å². The average Bonchev–Trinajstić information content (AvgIpc) is 3.28. The molecule has 1 atom stereocenters. The lowest BCUT2D eigenvalue weighted by Gasteiger charge is -2.16. The zero-order valence-electron chi connectivity index (χ0n) is 13.6. The van der Waals surface area contributed by atoms with E-state index < -0.39 is 11.7 Å². The molecule has 3 heterocycles. The van der Waals surface area contributed by atoms with Crippen LogP contribution in [0.15, 0.2) is 48.8 Å². The van der Waals surface area contributed by atoms with Crippen LogP contribution < -0.4 is 0 Å². The lowest BCUT2D eigenvalue weighted by molar-refractivity contribution is -0.137. The summed E-state index contributed by atoms with van der Waals surface area (Å²) < 4.78 is 39.5. The fraction of sp³-hybridized carbons (Fsp3) is 0.278. The molecule has 1 aliphatic heterocycles. The Balaban J connectivity index is 1.50. The highest BCUT2D eigenvalue weighted by atomic mass is 19.4. The second-order valence-electron chi connectivity index (χ2n) is 6.31. The number of nitrogens with zero attached hydrogens (tertiary/aromatic N) is 4. The van der Waals surface area contributed by atoms with Crippen molar-refractivity contribution in [2.45, 2.75) is 18.5 Å². The number of alkyl halides is 3. The van der Waals surface area contributed by atoms with Gasteiger partial charge < -0.3 is 4.90 Å². The molecular formula is C18H15F3N4O. The Morgan fingerprint density at radius 3 is 2.62 bits per heavy atom. The molecule has 1 amide bonds. The molecule has 3 aromatic rings. The van der Waals surface area contributed by atoms with Gasteiger partial charge in [-0.3, -0.25) is 4.79 Å². The number of rotatable bonds is 2. The molecule has 26 heavy (non-hydrogen) atoms. The standard InChI is InChI=1S/C18H15F3N4O/c19-18(20,21)14-5-3-12(4-6-14)13-7-9-24(11-13)17(26)15-10-23-25-16(15)2-1-8-22-25/h1-6,8,10,13H,7,9,11H2. The molecular weight excluding hydrogens is 345 g/mol. The van der Waals surface area contributed by atoms with Gasteiger partial charge >= 0.3 is 6.18 Å². The molecule has 1 aromatic carbocycles. The molecule has 1 aliphatic rings. The number of aromatic nitrogens is 3. The third-order valence-electron chi connectivity index (χ3n) is 4.72. The minimum atomic E-state index is -4.34. The van der Waals surface area contributed by atoms with E-state index in [-0.39, 0.29) is 11.8 Å². The van der Waals surface area contributed by atoms with Crippen molar-refractivity contribution in [3.8, 4) is 0 Å². The third kappa shape index (κ3) is 2.91. The molecule has 134 valence electrons. The van der Waals surface area contributed by atoms with Crippen molar-refractivity contribution < 1.29 is 18.0 Å². The fourth-order valence-electron chi connectivity index (χ4n) is 3.33. The minimum Gasteiger partial charge on any atom is -0.338 e. The smallest absolute Gasteiger partial charge is 0.338 e. The maximum absolute atomic E-state index is 12.8. The molecule has 0 spiro atoms. The first-order chi connectivity index (χ1) is 12.4. The van der Waals surface area contributed by atoms with Crippen molar-refractivity contribution in [3.05, 3.63) is 65.5 Å². The van der Waals surface area contributed by atoms with Gasteiger partial charge in [-0.1, -0.05) is 12.1 Å². The van der Waals surface area contributed by atoms with Crippen LogP contribution in [0.3, 0.4) is 0 Å². The summed E-state index contributed by atoms with van der Waals surface area (Å²) in [5.74, 6) is -0.108. The lowest BCUT2D eigenvalue weighted by Crippen LogP contribution is -2.28. The summed E-state index contributed by atoms with van der Waals surface area (Å²) in [5, 5.41) is 8.12. The summed E-state index contributed by atoms with van der Waals surface area (Å²) in [6, 6.07) is 8.70. The third-order valence-corrected chi connectivity index (χ3v) is 4.72. The maximum Gasteiger partial charge on any atom is 0.416 e. The predicted molar refractivity (Wildman–Crippen MR) is 87.7 cm³/mol. The highest BCUT2D eigenvalue weighted by molar-refractivity contribution is 6.00. The Morgan fingerprint density at radius 1 is 1.12 bits per heavy atom. The topological polar surface area (TPSA) is 50.5 Å². The van der Waals surface area contributed by atoms with Crippen molar-refractivity contribution in [2.24, 2.45) is 0 Å². The number of carbonyl (C=O) groups is 1. The number of fused-ring (bicyclic) bond motifs is 1. The van der Waals surface area contributed by atoms with E-state index in [2.05, 4.69) is 10.2 Å². The maximum atomic E-state index is 12.8. The van der Waals surface area contributed by atoms with Gasteiger partial charge in [-0.2, -0.15) is 28.0 Å². The molecule has 0 bridgehead atoms. The van der Waals surface area contributed by atoms with Crippen molar-refractivity contribution in [1.82, 2.24) is 19.7 Å². The zero-order valence-corrected chi connectivity index (χ0v) is 13.6. The van der Waals surface area contributed by atoms with Crippen molar-refractivity contribution in [3.63, 3.8) is 0 Å². The van der Waals surface area contributed by atoms with E-state index in [4.69, 9.17) is 0 Å². The van der Waals surface area contributed by atoms with E-state index in [0.717, 1.165) is 17.7 Å². The zero-order chi connectivity index (χ0) is 18.3. The fourth-order valence-corrected chi connectivity index (χ4v) is 3.33. The van der Waals surface area contributed by atoms with Gasteiger partial charge in [0, 0.05) is 25.2 Å². The molecule has 1 unspecified atom stereocenters. The van der Waals surface area contributed by atoms with Gasteiger partial charge in [-0.05, 0) is 36.2 Å². The SMILES string of the molecule is O=C(c1cnn2ncccc12)N1CCC(c2ccc(C(F)(F)F)cc2)C1. The molecule has 0 saturated carbocycles. The quantitative estimate of drug-likeness (QED) is 0.704. The van der Waals surface area contributed by atoms with Gasteiger partial charge in [0.15, 0.2) is 0 Å². The number of hydrogen-bond donors (Lipinski definition) is 0. The molecule has 0 aliphatic carbocycles. The van der Waals surface area contributed by atoms with E-state index >= 15 is 0 Å². The van der Waals surface area contributed by atoms with Gasteiger partial charge in [-0.25, -0.2) is 0 Å². The Hall–Kier alpha value is -2.90. The second kappa shape index (κ2) is 6.12. The summed E-state index contributed by atoms with van der Waals surface area (Å²) >= 11 is 0. The number of amides is 1. The largest absolute Gasteiger partial charge is 0.416 e. The molecule has 8 heteroatoms. The number of likely N-dealkylation sites (tertiary alicyclic amines) is 1. The minimum absolute atomic E-state index is 0.0289. The molecule has 0 N–H and O–H groups in total. The lowest BCUT2D eigenvalue weighted by atomic mass is 9.97. The van der Waals surface area contributed by atoms with E-state index in [1.165, 1.54) is 23.0 Å². The van der Waals surface area contributed by atoms with Crippen LogP contribution in [0.5, 0.6) is 0 Å². The van der Waals surface area contributed by atoms with Crippen LogP contribution in [-0.4, -0.2) is 38.7 Å². The molecule has 1 saturated heterocycles. The van der Waals surface area contributed by atoms with Gasteiger partial charge in [-0.15, -0.1) is 0 Å². The summed E-state index contributed by atoms with van der Waals surface area (Å²) in [4.78, 5) is 14.5. The van der Waals surface area contributed by atoms with Crippen LogP contribution in [0.1, 0.15) is 33.8 Å². The molecule has 2 aromatic heterocycles. The van der Waals surface area contributed by atoms with E-state index in [0.29, 0.717) is 30.6 Å². The predicted octanol–water partition coefficient (Wildman–Crippen LogP) is 3.38. The summed E-state index contributed by atoms with van der Waals surface area (Å²) in [6.45, 7) is 1.03. The van der Waals surface area contributed by atoms with Crippen molar-refractivity contribution >= 4 is 11.4 Å². The van der Waals surface area contributed by atoms with Gasteiger partial charge in [0.25, 0.3) is 5.91 Å². The Kier molecular flexibility index (Phi) is 3.90. The molecule has 0 radical (unpaired) electrons. The highest BCUT2D eigenvalue weighted by Gasteiger charge is 2.32. The van der Waals surface area contributed by atoms with Gasteiger partial charge in [0.2, 0.25) is 0 Å². The molecule has 4 rings (SSSR count). The van der Waals surface area contributed by atoms with Crippen molar-refractivity contribution in [2.75, 3.05) is 13.1 Å². The number of benzene rings is 1. The normalized spacial score (nSPS) is 17.8. The summed E-state index contributed by atoms with van der Waals surface area (Å²) in [7, 11) is 0.